The van der Waals surface area contributed by atoms with Crippen LogP contribution >= 0.6 is 0 Å². The Kier molecular flexibility index (Phi) is 9.77. The van der Waals surface area contributed by atoms with E-state index in [0.717, 1.165) is 0 Å². The van der Waals surface area contributed by atoms with E-state index >= 15 is 0 Å². The molecule has 0 aromatic carbocycles. The zero-order valence-corrected chi connectivity index (χ0v) is 12.2. The van der Waals surface area contributed by atoms with E-state index in [1.54, 1.807) is 0 Å². The second-order valence-corrected chi connectivity index (χ2v) is 4.19. The number of hydrogen-bond acceptors (Lipinski definition) is 3. The molecule has 7 heteroatoms. The molecule has 0 fully saturated rings. The summed E-state index contributed by atoms with van der Waals surface area (Å²) in [5, 5.41) is 8.41. The van der Waals surface area contributed by atoms with Gasteiger partial charge in [-0.1, -0.05) is 6.08 Å². The van der Waals surface area contributed by atoms with Crippen molar-refractivity contribution >= 4 is 16.1 Å². The molecule has 5 nitrogen and oxygen atoms in total. The molecule has 0 aromatic rings. The van der Waals surface area contributed by atoms with E-state index in [2.05, 4.69) is 0 Å². The average molecular weight is 248 g/mol. The Balaban J connectivity index is -0.000000720. The van der Waals surface area contributed by atoms with Crippen LogP contribution in [0.1, 0.15) is 21.2 Å². The first-order valence-corrected chi connectivity index (χ1v) is 5.29. The fourth-order valence-corrected chi connectivity index (χ4v) is 1.20. The molecule has 0 rings (SSSR count). The quantitative estimate of drug-likeness (QED) is 0.249. The van der Waals surface area contributed by atoms with E-state index in [1.165, 1.54) is 13.0 Å². The van der Waals surface area contributed by atoms with E-state index in [0.29, 0.717) is 6.42 Å². The molecule has 0 amide bonds. The summed E-state index contributed by atoms with van der Waals surface area (Å²) in [4.78, 5) is 10.3. The van der Waals surface area contributed by atoms with Gasteiger partial charge in [0, 0.05) is 5.57 Å². The molecule has 0 aromatic heterocycles. The standard InChI is InChI=1S/C7H12O5S.K.H/c1-6(7(8)9)4-2-3-5-13(10,11)12;;/h4H,2-3,5H2,1H3,(H,8,9)(H,10,11,12);;/q;+1;-1/b6-4+;;. The van der Waals surface area contributed by atoms with Gasteiger partial charge in [-0.2, -0.15) is 8.42 Å². The fourth-order valence-electron chi connectivity index (χ4n) is 0.672. The predicted molar refractivity (Wildman–Crippen MR) is 48.2 cm³/mol. The first-order valence-electron chi connectivity index (χ1n) is 3.68. The van der Waals surface area contributed by atoms with Gasteiger partial charge in [0.05, 0.1) is 5.75 Å². The van der Waals surface area contributed by atoms with Crippen molar-refractivity contribution in [2.45, 2.75) is 19.8 Å². The second kappa shape index (κ2) is 7.97. The molecule has 0 aliphatic heterocycles. The van der Waals surface area contributed by atoms with Gasteiger partial charge in [0.1, 0.15) is 0 Å². The average Bonchev–Trinajstić information content (AvgIpc) is 1.95. The molecule has 0 unspecified atom stereocenters. The first-order chi connectivity index (χ1) is 5.83. The Morgan fingerprint density at radius 3 is 2.36 bits per heavy atom. The molecule has 0 radical (unpaired) electrons. The minimum Gasteiger partial charge on any atom is -1.00 e. The van der Waals surface area contributed by atoms with Gasteiger partial charge in [0.25, 0.3) is 10.1 Å². The molecule has 78 valence electrons. The van der Waals surface area contributed by atoms with Crippen LogP contribution in [0.3, 0.4) is 0 Å². The van der Waals surface area contributed by atoms with Crippen LogP contribution in [0.2, 0.25) is 0 Å². The Labute approximate surface area is 127 Å². The third-order valence-corrected chi connectivity index (χ3v) is 2.20. The smallest absolute Gasteiger partial charge is 1.00 e. The van der Waals surface area contributed by atoms with Crippen molar-refractivity contribution in [2.24, 2.45) is 0 Å². The van der Waals surface area contributed by atoms with Gasteiger partial charge in [0.15, 0.2) is 0 Å². The fraction of sp³-hybridized carbons (Fsp3) is 0.571. The van der Waals surface area contributed by atoms with Crippen molar-refractivity contribution in [3.8, 4) is 0 Å². The largest absolute Gasteiger partial charge is 1.00 e. The number of carboxylic acids is 1. The van der Waals surface area contributed by atoms with Crippen molar-refractivity contribution in [1.29, 1.82) is 0 Å². The number of aliphatic carboxylic acids is 1. The van der Waals surface area contributed by atoms with E-state index < -0.39 is 16.1 Å². The summed E-state index contributed by atoms with van der Waals surface area (Å²) in [6, 6.07) is 0. The minimum atomic E-state index is -3.92. The van der Waals surface area contributed by atoms with Crippen molar-refractivity contribution < 1.29 is 75.7 Å². The van der Waals surface area contributed by atoms with Crippen LogP contribution in [0.15, 0.2) is 11.6 Å². The monoisotopic (exact) mass is 248 g/mol. The summed E-state index contributed by atoms with van der Waals surface area (Å²) in [5.41, 5.74) is 0.176. The summed E-state index contributed by atoms with van der Waals surface area (Å²) >= 11 is 0. The summed E-state index contributed by atoms with van der Waals surface area (Å²) in [6.45, 7) is 1.43. The maximum absolute atomic E-state index is 10.3. The Morgan fingerprint density at radius 2 is 2.00 bits per heavy atom. The summed E-state index contributed by atoms with van der Waals surface area (Å²) < 4.78 is 28.8. The summed E-state index contributed by atoms with van der Waals surface area (Å²) in [6.07, 6.45) is 1.98. The minimum absolute atomic E-state index is 0. The number of carbonyl (C=O) groups is 1. The molecular formula is C7H13KO5S. The molecule has 0 aliphatic rings. The molecule has 14 heavy (non-hydrogen) atoms. The molecule has 0 heterocycles. The van der Waals surface area contributed by atoms with E-state index in [-0.39, 0.29) is 70.6 Å². The number of allylic oxidation sites excluding steroid dienone is 1. The predicted octanol–water partition coefficient (Wildman–Crippen LogP) is -2.20. The third-order valence-electron chi connectivity index (χ3n) is 1.39. The van der Waals surface area contributed by atoms with Gasteiger partial charge >= 0.3 is 57.4 Å². The second-order valence-electron chi connectivity index (χ2n) is 2.62. The van der Waals surface area contributed by atoms with Crippen LogP contribution in [-0.2, 0) is 14.9 Å². The van der Waals surface area contributed by atoms with Gasteiger partial charge in [-0.05, 0) is 19.8 Å². The van der Waals surface area contributed by atoms with Crippen LogP contribution in [0.5, 0.6) is 0 Å². The van der Waals surface area contributed by atoms with Crippen molar-refractivity contribution in [2.75, 3.05) is 5.75 Å². The molecular weight excluding hydrogens is 235 g/mol. The van der Waals surface area contributed by atoms with Crippen LogP contribution in [0.25, 0.3) is 0 Å². The maximum Gasteiger partial charge on any atom is 1.00 e. The molecule has 0 saturated heterocycles. The Bertz CT molecular complexity index is 311. The Hall–Kier alpha value is 0.756. The molecule has 0 atom stereocenters. The zero-order valence-electron chi connectivity index (χ0n) is 9.23. The molecule has 0 aliphatic carbocycles. The summed E-state index contributed by atoms with van der Waals surface area (Å²) in [7, 11) is -3.92. The number of carboxylic acid groups (broad SMARTS) is 1. The molecule has 0 saturated carbocycles. The third kappa shape index (κ3) is 10.8. The van der Waals surface area contributed by atoms with Crippen molar-refractivity contribution in [3.63, 3.8) is 0 Å². The van der Waals surface area contributed by atoms with Gasteiger partial charge in [0.2, 0.25) is 0 Å². The summed E-state index contributed by atoms with van der Waals surface area (Å²) in [5.74, 6) is -1.36. The van der Waals surface area contributed by atoms with Crippen LogP contribution in [0, 0.1) is 0 Å². The SMILES string of the molecule is C/C(=C\CCCS(=O)(=O)O)C(=O)O.[H-].[K+]. The van der Waals surface area contributed by atoms with Gasteiger partial charge in [-0.15, -0.1) is 0 Å². The van der Waals surface area contributed by atoms with Crippen molar-refractivity contribution in [1.82, 2.24) is 0 Å². The molecule has 2 N–H and O–H groups in total. The number of rotatable bonds is 5. The number of hydrogen-bond donors (Lipinski definition) is 2. The maximum atomic E-state index is 10.3. The van der Waals surface area contributed by atoms with Gasteiger partial charge < -0.3 is 6.53 Å². The van der Waals surface area contributed by atoms with Crippen LogP contribution in [-0.4, -0.2) is 29.8 Å². The normalized spacial score (nSPS) is 12.0. The molecule has 0 spiro atoms. The first kappa shape index (κ1) is 17.2. The molecule has 0 bridgehead atoms. The topological polar surface area (TPSA) is 91.7 Å². The Morgan fingerprint density at radius 1 is 1.50 bits per heavy atom. The van der Waals surface area contributed by atoms with E-state index in [1.807, 2.05) is 0 Å². The zero-order chi connectivity index (χ0) is 10.5. The van der Waals surface area contributed by atoms with E-state index in [4.69, 9.17) is 9.66 Å². The van der Waals surface area contributed by atoms with Crippen LogP contribution < -0.4 is 51.4 Å². The van der Waals surface area contributed by atoms with E-state index in [9.17, 15) is 13.2 Å². The van der Waals surface area contributed by atoms with Crippen LogP contribution in [0.4, 0.5) is 0 Å². The number of unbranched alkanes of at least 4 members (excludes halogenated alkanes) is 1. The van der Waals surface area contributed by atoms with Crippen molar-refractivity contribution in [3.05, 3.63) is 11.6 Å². The van der Waals surface area contributed by atoms with Gasteiger partial charge in [-0.3, -0.25) is 4.55 Å². The van der Waals surface area contributed by atoms with Gasteiger partial charge in [-0.25, -0.2) is 4.79 Å².